The fourth-order valence-corrected chi connectivity index (χ4v) is 3.84. The summed E-state index contributed by atoms with van der Waals surface area (Å²) in [6.45, 7) is 9.34. The molecule has 2 aliphatic rings. The van der Waals surface area contributed by atoms with Crippen molar-refractivity contribution in [2.75, 3.05) is 0 Å². The minimum Gasteiger partial charge on any atom is -0.263 e. The van der Waals surface area contributed by atoms with Crippen LogP contribution in [0.2, 0.25) is 0 Å². The summed E-state index contributed by atoms with van der Waals surface area (Å²) >= 11 is 0. The van der Waals surface area contributed by atoms with Gasteiger partial charge in [-0.05, 0) is 23.7 Å². The molecular weight excluding hydrogens is 222 g/mol. The maximum Gasteiger partial charge on any atom is 0.153 e. The summed E-state index contributed by atoms with van der Waals surface area (Å²) in [5.41, 5.74) is 0.687. The summed E-state index contributed by atoms with van der Waals surface area (Å²) in [6.07, 6.45) is 6.61. The van der Waals surface area contributed by atoms with Gasteiger partial charge < -0.3 is 0 Å². The number of nitrogens with zero attached hydrogens (tertiary/aromatic N) is 2. The Balaban J connectivity index is 1.78. The Kier molecular flexibility index (Phi) is 2.58. The summed E-state index contributed by atoms with van der Waals surface area (Å²) in [5.74, 6) is 3.33. The molecule has 0 unspecified atom stereocenters. The molecule has 2 fully saturated rings. The Bertz CT molecular complexity index is 424. The standard InChI is InChI=1S/C15H25N3/c1-14(2)11(15(14,3)4)13-16-12(17-18-13)10-8-6-5-7-9-10/h10-11H,5-9H2,1-4H3,(H,16,17,18). The summed E-state index contributed by atoms with van der Waals surface area (Å²) in [5, 5.41) is 7.71. The Morgan fingerprint density at radius 2 is 1.61 bits per heavy atom. The smallest absolute Gasteiger partial charge is 0.153 e. The lowest BCUT2D eigenvalue weighted by Crippen LogP contribution is -2.06. The number of nitrogens with one attached hydrogen (secondary N) is 1. The van der Waals surface area contributed by atoms with E-state index in [0.717, 1.165) is 11.6 Å². The normalized spacial score (nSPS) is 27.3. The molecule has 100 valence electrons. The highest BCUT2D eigenvalue weighted by Gasteiger charge is 2.66. The summed E-state index contributed by atoms with van der Waals surface area (Å²) in [4.78, 5) is 4.82. The van der Waals surface area contributed by atoms with Crippen molar-refractivity contribution in [3.8, 4) is 0 Å². The molecule has 1 N–H and O–H groups in total. The van der Waals surface area contributed by atoms with Gasteiger partial charge in [-0.15, -0.1) is 0 Å². The van der Waals surface area contributed by atoms with Gasteiger partial charge in [-0.3, -0.25) is 5.10 Å². The van der Waals surface area contributed by atoms with E-state index in [1.165, 1.54) is 32.1 Å². The third-order valence-electron chi connectivity index (χ3n) is 5.78. The molecule has 2 aliphatic carbocycles. The van der Waals surface area contributed by atoms with Gasteiger partial charge in [0, 0.05) is 11.8 Å². The number of H-pyrrole nitrogens is 1. The van der Waals surface area contributed by atoms with E-state index in [9.17, 15) is 0 Å². The van der Waals surface area contributed by atoms with Crippen LogP contribution in [0.25, 0.3) is 0 Å². The van der Waals surface area contributed by atoms with Gasteiger partial charge in [-0.1, -0.05) is 47.0 Å². The first-order valence-corrected chi connectivity index (χ1v) is 7.37. The van der Waals surface area contributed by atoms with E-state index >= 15 is 0 Å². The number of aromatic nitrogens is 3. The Morgan fingerprint density at radius 1 is 1.00 bits per heavy atom. The number of hydrogen-bond donors (Lipinski definition) is 1. The highest BCUT2D eigenvalue weighted by Crippen LogP contribution is 2.72. The monoisotopic (exact) mass is 247 g/mol. The zero-order valence-corrected chi connectivity index (χ0v) is 12.1. The van der Waals surface area contributed by atoms with Crippen molar-refractivity contribution < 1.29 is 0 Å². The van der Waals surface area contributed by atoms with Gasteiger partial charge in [-0.2, -0.15) is 5.10 Å². The van der Waals surface area contributed by atoms with Gasteiger partial charge in [0.25, 0.3) is 0 Å². The first-order chi connectivity index (χ1) is 8.44. The predicted octanol–water partition coefficient (Wildman–Crippen LogP) is 4.00. The zero-order chi connectivity index (χ0) is 13.0. The van der Waals surface area contributed by atoms with E-state index in [-0.39, 0.29) is 0 Å². The van der Waals surface area contributed by atoms with Crippen LogP contribution in [-0.4, -0.2) is 15.2 Å². The molecule has 0 aliphatic heterocycles. The molecule has 2 saturated carbocycles. The average Bonchev–Trinajstić information content (AvgIpc) is 2.72. The van der Waals surface area contributed by atoms with Crippen LogP contribution in [0.3, 0.4) is 0 Å². The largest absolute Gasteiger partial charge is 0.263 e. The van der Waals surface area contributed by atoms with E-state index in [0.29, 0.717) is 22.7 Å². The average molecular weight is 247 g/mol. The number of aromatic amines is 1. The van der Waals surface area contributed by atoms with Gasteiger partial charge >= 0.3 is 0 Å². The topological polar surface area (TPSA) is 41.6 Å². The van der Waals surface area contributed by atoms with Crippen LogP contribution in [-0.2, 0) is 0 Å². The van der Waals surface area contributed by atoms with E-state index in [4.69, 9.17) is 4.98 Å². The van der Waals surface area contributed by atoms with Gasteiger partial charge in [0.05, 0.1) is 0 Å². The van der Waals surface area contributed by atoms with E-state index < -0.39 is 0 Å². The van der Waals surface area contributed by atoms with Crippen LogP contribution in [0.5, 0.6) is 0 Å². The Morgan fingerprint density at radius 3 is 2.17 bits per heavy atom. The second-order valence-corrected chi connectivity index (χ2v) is 7.29. The fourth-order valence-electron chi connectivity index (χ4n) is 3.84. The Labute approximate surface area is 110 Å². The maximum atomic E-state index is 4.82. The van der Waals surface area contributed by atoms with Crippen LogP contribution in [0.1, 0.15) is 83.3 Å². The lowest BCUT2D eigenvalue weighted by atomic mass is 9.89. The SMILES string of the molecule is CC1(C)C(c2nc(C3CCCCC3)n[nH]2)C1(C)C. The molecule has 0 spiro atoms. The number of rotatable bonds is 2. The summed E-state index contributed by atoms with van der Waals surface area (Å²) in [6, 6.07) is 0. The highest BCUT2D eigenvalue weighted by atomic mass is 15.2. The molecule has 0 saturated heterocycles. The maximum absolute atomic E-state index is 4.82. The predicted molar refractivity (Wildman–Crippen MR) is 72.5 cm³/mol. The van der Waals surface area contributed by atoms with Gasteiger partial charge in [0.15, 0.2) is 5.82 Å². The van der Waals surface area contributed by atoms with Gasteiger partial charge in [-0.25, -0.2) is 4.98 Å². The van der Waals surface area contributed by atoms with Crippen LogP contribution in [0, 0.1) is 10.8 Å². The molecule has 18 heavy (non-hydrogen) atoms. The molecule has 0 aromatic carbocycles. The van der Waals surface area contributed by atoms with Gasteiger partial charge in [0.1, 0.15) is 5.82 Å². The van der Waals surface area contributed by atoms with E-state index in [1.54, 1.807) is 0 Å². The van der Waals surface area contributed by atoms with Crippen molar-refractivity contribution in [3.63, 3.8) is 0 Å². The second-order valence-electron chi connectivity index (χ2n) is 7.29. The molecule has 1 heterocycles. The molecule has 0 amide bonds. The molecule has 3 nitrogen and oxygen atoms in total. The molecule has 0 radical (unpaired) electrons. The molecule has 1 aromatic rings. The van der Waals surface area contributed by atoms with Crippen LogP contribution >= 0.6 is 0 Å². The molecule has 1 aromatic heterocycles. The lowest BCUT2D eigenvalue weighted by molar-refractivity contribution is 0.429. The second kappa shape index (κ2) is 3.82. The minimum absolute atomic E-state index is 0.344. The van der Waals surface area contributed by atoms with E-state index in [1.807, 2.05) is 0 Å². The zero-order valence-electron chi connectivity index (χ0n) is 12.1. The lowest BCUT2D eigenvalue weighted by Gasteiger charge is -2.18. The van der Waals surface area contributed by atoms with Crippen molar-refractivity contribution in [1.82, 2.24) is 15.2 Å². The molecule has 0 bridgehead atoms. The molecule has 0 atom stereocenters. The quantitative estimate of drug-likeness (QED) is 0.858. The summed E-state index contributed by atoms with van der Waals surface area (Å²) in [7, 11) is 0. The minimum atomic E-state index is 0.344. The molecule has 3 heteroatoms. The molecular formula is C15H25N3. The van der Waals surface area contributed by atoms with E-state index in [2.05, 4.69) is 37.9 Å². The Hall–Kier alpha value is -0.860. The van der Waals surface area contributed by atoms with Gasteiger partial charge in [0.2, 0.25) is 0 Å². The third-order valence-corrected chi connectivity index (χ3v) is 5.78. The molecule has 3 rings (SSSR count). The van der Waals surface area contributed by atoms with Crippen molar-refractivity contribution in [2.45, 2.75) is 71.6 Å². The van der Waals surface area contributed by atoms with Crippen LogP contribution < -0.4 is 0 Å². The summed E-state index contributed by atoms with van der Waals surface area (Å²) < 4.78 is 0. The highest BCUT2D eigenvalue weighted by molar-refractivity contribution is 5.26. The van der Waals surface area contributed by atoms with Crippen molar-refractivity contribution in [3.05, 3.63) is 11.6 Å². The number of hydrogen-bond acceptors (Lipinski definition) is 2. The van der Waals surface area contributed by atoms with Crippen molar-refractivity contribution >= 4 is 0 Å². The first kappa shape index (κ1) is 12.2. The fraction of sp³-hybridized carbons (Fsp3) is 0.867. The van der Waals surface area contributed by atoms with Crippen LogP contribution in [0.15, 0.2) is 0 Å². The third kappa shape index (κ3) is 1.63. The van der Waals surface area contributed by atoms with Crippen molar-refractivity contribution in [2.24, 2.45) is 10.8 Å². The van der Waals surface area contributed by atoms with Crippen LogP contribution in [0.4, 0.5) is 0 Å². The van der Waals surface area contributed by atoms with Crippen molar-refractivity contribution in [1.29, 1.82) is 0 Å². The first-order valence-electron chi connectivity index (χ1n) is 7.37.